The molecule has 2 rings (SSSR count). The van der Waals surface area contributed by atoms with Gasteiger partial charge in [0.15, 0.2) is 6.10 Å². The molecule has 0 aliphatic heterocycles. The van der Waals surface area contributed by atoms with Crippen LogP contribution in [0.15, 0.2) is 48.5 Å². The SMILES string of the molecule is CC[C@H](Oc1cc(C)cc(C)c1)C(=O)N[C@H](C)c1ccccc1. The average Bonchev–Trinajstić information content (AvgIpc) is 2.52. The quantitative estimate of drug-likeness (QED) is 0.862. The van der Waals surface area contributed by atoms with Gasteiger partial charge in [-0.15, -0.1) is 0 Å². The molecule has 2 aromatic carbocycles. The van der Waals surface area contributed by atoms with E-state index in [1.54, 1.807) is 0 Å². The van der Waals surface area contributed by atoms with E-state index in [1.807, 2.05) is 70.2 Å². The number of hydrogen-bond donors (Lipinski definition) is 1. The Labute approximate surface area is 138 Å². The van der Waals surface area contributed by atoms with Gasteiger partial charge in [0.2, 0.25) is 0 Å². The van der Waals surface area contributed by atoms with Gasteiger partial charge in [0, 0.05) is 0 Å². The molecule has 23 heavy (non-hydrogen) atoms. The van der Waals surface area contributed by atoms with E-state index in [1.165, 1.54) is 0 Å². The second kappa shape index (κ2) is 7.82. The number of hydrogen-bond acceptors (Lipinski definition) is 2. The number of rotatable bonds is 6. The second-order valence-electron chi connectivity index (χ2n) is 5.98. The van der Waals surface area contributed by atoms with Crippen molar-refractivity contribution < 1.29 is 9.53 Å². The highest BCUT2D eigenvalue weighted by Gasteiger charge is 2.20. The molecule has 0 fully saturated rings. The molecule has 0 unspecified atom stereocenters. The number of nitrogens with one attached hydrogen (secondary N) is 1. The lowest BCUT2D eigenvalue weighted by molar-refractivity contribution is -0.128. The summed E-state index contributed by atoms with van der Waals surface area (Å²) in [5, 5.41) is 3.03. The number of aryl methyl sites for hydroxylation is 2. The first kappa shape index (κ1) is 17.1. The van der Waals surface area contributed by atoms with Crippen molar-refractivity contribution in [3.05, 3.63) is 65.2 Å². The minimum atomic E-state index is -0.484. The normalized spacial score (nSPS) is 13.2. The van der Waals surface area contributed by atoms with Crippen LogP contribution in [0.5, 0.6) is 5.75 Å². The van der Waals surface area contributed by atoms with E-state index in [0.29, 0.717) is 6.42 Å². The fraction of sp³-hybridized carbons (Fsp3) is 0.350. The van der Waals surface area contributed by atoms with Crippen LogP contribution in [0.25, 0.3) is 0 Å². The molecule has 0 aliphatic rings. The van der Waals surface area contributed by atoms with Crippen LogP contribution in [0.3, 0.4) is 0 Å². The molecule has 0 aliphatic carbocycles. The summed E-state index contributed by atoms with van der Waals surface area (Å²) in [6.07, 6.45) is 0.141. The Morgan fingerprint density at radius 3 is 2.26 bits per heavy atom. The average molecular weight is 311 g/mol. The smallest absolute Gasteiger partial charge is 0.261 e. The van der Waals surface area contributed by atoms with Gasteiger partial charge in [0.05, 0.1) is 6.04 Å². The summed E-state index contributed by atoms with van der Waals surface area (Å²) >= 11 is 0. The molecule has 0 radical (unpaired) electrons. The predicted octanol–water partition coefficient (Wildman–Crippen LogP) is 4.34. The third-order valence-corrected chi connectivity index (χ3v) is 3.80. The van der Waals surface area contributed by atoms with Crippen LogP contribution >= 0.6 is 0 Å². The van der Waals surface area contributed by atoms with Gasteiger partial charge in [-0.1, -0.05) is 43.3 Å². The molecule has 0 saturated carbocycles. The number of carbonyl (C=O) groups is 1. The summed E-state index contributed by atoms with van der Waals surface area (Å²) in [4.78, 5) is 12.5. The summed E-state index contributed by atoms with van der Waals surface area (Å²) in [6, 6.07) is 15.9. The molecule has 0 heterocycles. The molecule has 1 amide bonds. The van der Waals surface area contributed by atoms with Gasteiger partial charge < -0.3 is 10.1 Å². The minimum Gasteiger partial charge on any atom is -0.481 e. The standard InChI is InChI=1S/C20H25NO2/c1-5-19(23-18-12-14(2)11-15(3)13-18)20(22)21-16(4)17-9-7-6-8-10-17/h6-13,16,19H,5H2,1-4H3,(H,21,22)/t16-,19+/m1/s1. The zero-order valence-corrected chi connectivity index (χ0v) is 14.3. The van der Waals surface area contributed by atoms with Crippen molar-refractivity contribution in [1.29, 1.82) is 0 Å². The van der Waals surface area contributed by atoms with E-state index >= 15 is 0 Å². The van der Waals surface area contributed by atoms with Crippen molar-refractivity contribution in [2.45, 2.75) is 46.3 Å². The van der Waals surface area contributed by atoms with Gasteiger partial charge in [-0.2, -0.15) is 0 Å². The molecule has 122 valence electrons. The molecular formula is C20H25NO2. The van der Waals surface area contributed by atoms with Crippen LogP contribution in [0.1, 0.15) is 43.0 Å². The second-order valence-corrected chi connectivity index (χ2v) is 5.98. The maximum atomic E-state index is 12.5. The Kier molecular flexibility index (Phi) is 5.80. The minimum absolute atomic E-state index is 0.0411. The summed E-state index contributed by atoms with van der Waals surface area (Å²) in [5.74, 6) is 0.667. The maximum absolute atomic E-state index is 12.5. The van der Waals surface area contributed by atoms with Crippen LogP contribution < -0.4 is 10.1 Å². The van der Waals surface area contributed by atoms with Crippen molar-refractivity contribution in [2.24, 2.45) is 0 Å². The van der Waals surface area contributed by atoms with E-state index in [2.05, 4.69) is 11.4 Å². The Morgan fingerprint density at radius 1 is 1.09 bits per heavy atom. The highest BCUT2D eigenvalue weighted by molar-refractivity contribution is 5.81. The van der Waals surface area contributed by atoms with E-state index in [4.69, 9.17) is 4.74 Å². The van der Waals surface area contributed by atoms with Gasteiger partial charge in [0.25, 0.3) is 5.91 Å². The van der Waals surface area contributed by atoms with Crippen LogP contribution in [0.2, 0.25) is 0 Å². The number of amides is 1. The van der Waals surface area contributed by atoms with Gasteiger partial charge in [-0.3, -0.25) is 4.79 Å². The number of benzene rings is 2. The molecule has 2 atom stereocenters. The Bertz CT molecular complexity index is 632. The lowest BCUT2D eigenvalue weighted by Gasteiger charge is -2.21. The Hall–Kier alpha value is -2.29. The molecule has 0 spiro atoms. The molecule has 0 saturated heterocycles. The van der Waals surface area contributed by atoms with Crippen LogP contribution in [0, 0.1) is 13.8 Å². The predicted molar refractivity (Wildman–Crippen MR) is 93.6 cm³/mol. The Balaban J connectivity index is 2.03. The first-order chi connectivity index (χ1) is 11.0. The van der Waals surface area contributed by atoms with Crippen molar-refractivity contribution in [1.82, 2.24) is 5.32 Å². The maximum Gasteiger partial charge on any atom is 0.261 e. The largest absolute Gasteiger partial charge is 0.481 e. The summed E-state index contributed by atoms with van der Waals surface area (Å²) in [5.41, 5.74) is 3.35. The highest BCUT2D eigenvalue weighted by atomic mass is 16.5. The molecule has 0 aromatic heterocycles. The van der Waals surface area contributed by atoms with Crippen molar-refractivity contribution in [3.8, 4) is 5.75 Å². The van der Waals surface area contributed by atoms with Crippen molar-refractivity contribution in [3.63, 3.8) is 0 Å². The lowest BCUT2D eigenvalue weighted by Crippen LogP contribution is -2.39. The van der Waals surface area contributed by atoms with Gasteiger partial charge in [-0.05, 0) is 56.0 Å². The molecule has 3 heteroatoms. The first-order valence-corrected chi connectivity index (χ1v) is 8.10. The topological polar surface area (TPSA) is 38.3 Å². The summed E-state index contributed by atoms with van der Waals surface area (Å²) in [7, 11) is 0. The molecule has 2 aromatic rings. The third kappa shape index (κ3) is 4.85. The summed E-state index contributed by atoms with van der Waals surface area (Å²) < 4.78 is 5.91. The highest BCUT2D eigenvalue weighted by Crippen LogP contribution is 2.19. The third-order valence-electron chi connectivity index (χ3n) is 3.80. The molecule has 0 bridgehead atoms. The van der Waals surface area contributed by atoms with E-state index < -0.39 is 6.10 Å². The van der Waals surface area contributed by atoms with Crippen LogP contribution in [0.4, 0.5) is 0 Å². The monoisotopic (exact) mass is 311 g/mol. The fourth-order valence-electron chi connectivity index (χ4n) is 2.62. The number of carbonyl (C=O) groups excluding carboxylic acids is 1. The lowest BCUT2D eigenvalue weighted by atomic mass is 10.1. The van der Waals surface area contributed by atoms with E-state index in [9.17, 15) is 4.79 Å². The molecule has 1 N–H and O–H groups in total. The summed E-state index contributed by atoms with van der Waals surface area (Å²) in [6.45, 7) is 7.99. The van der Waals surface area contributed by atoms with E-state index in [-0.39, 0.29) is 11.9 Å². The zero-order valence-electron chi connectivity index (χ0n) is 14.3. The fourth-order valence-corrected chi connectivity index (χ4v) is 2.62. The first-order valence-electron chi connectivity index (χ1n) is 8.10. The van der Waals surface area contributed by atoms with Crippen LogP contribution in [-0.4, -0.2) is 12.0 Å². The van der Waals surface area contributed by atoms with Gasteiger partial charge in [-0.25, -0.2) is 0 Å². The number of ether oxygens (including phenoxy) is 1. The molecular weight excluding hydrogens is 286 g/mol. The zero-order chi connectivity index (χ0) is 16.8. The van der Waals surface area contributed by atoms with Gasteiger partial charge >= 0.3 is 0 Å². The van der Waals surface area contributed by atoms with Crippen molar-refractivity contribution >= 4 is 5.91 Å². The van der Waals surface area contributed by atoms with Crippen LogP contribution in [-0.2, 0) is 4.79 Å². The van der Waals surface area contributed by atoms with E-state index in [0.717, 1.165) is 22.4 Å². The Morgan fingerprint density at radius 2 is 1.70 bits per heavy atom. The molecule has 3 nitrogen and oxygen atoms in total. The van der Waals surface area contributed by atoms with Crippen molar-refractivity contribution in [2.75, 3.05) is 0 Å². The van der Waals surface area contributed by atoms with Gasteiger partial charge in [0.1, 0.15) is 5.75 Å².